The predicted octanol–water partition coefficient (Wildman–Crippen LogP) is 2.71. The van der Waals surface area contributed by atoms with E-state index in [1.165, 1.54) is 6.07 Å². The van der Waals surface area contributed by atoms with E-state index in [0.29, 0.717) is 11.3 Å². The molecule has 0 aromatic carbocycles. The van der Waals surface area contributed by atoms with Crippen LogP contribution >= 0.6 is 34.5 Å². The molecule has 11 heavy (non-hydrogen) atoms. The van der Waals surface area contributed by atoms with Crippen molar-refractivity contribution in [2.45, 2.75) is 4.21 Å². The van der Waals surface area contributed by atoms with Crippen molar-refractivity contribution in [1.82, 2.24) is 0 Å². The lowest BCUT2D eigenvalue weighted by atomic mass is 10.7. The van der Waals surface area contributed by atoms with Crippen molar-refractivity contribution in [2.24, 2.45) is 0 Å². The third-order valence-corrected chi connectivity index (χ3v) is 3.94. The molecule has 0 atom stereocenters. The van der Waals surface area contributed by atoms with Gasteiger partial charge in [0.05, 0.1) is 9.36 Å². The summed E-state index contributed by atoms with van der Waals surface area (Å²) in [6.45, 7) is 0. The second-order valence-electron chi connectivity index (χ2n) is 1.62. The summed E-state index contributed by atoms with van der Waals surface area (Å²) in [6, 6.07) is 1.18. The van der Waals surface area contributed by atoms with Gasteiger partial charge >= 0.3 is 10.2 Å². The molecule has 0 fully saturated rings. The molecule has 1 rings (SSSR count). The Morgan fingerprint density at radius 2 is 2.00 bits per heavy atom. The van der Waals surface area contributed by atoms with Crippen molar-refractivity contribution < 1.29 is 12.3 Å². The SMILES string of the molecule is O=S(=O)(F)c1sc(Cl)cc1Cl. The lowest BCUT2D eigenvalue weighted by Crippen LogP contribution is -1.86. The Morgan fingerprint density at radius 1 is 1.45 bits per heavy atom. The maximum atomic E-state index is 12.2. The molecule has 62 valence electrons. The first-order chi connectivity index (χ1) is 4.91. The van der Waals surface area contributed by atoms with Crippen LogP contribution in [0.25, 0.3) is 0 Å². The molecule has 1 heterocycles. The Morgan fingerprint density at radius 3 is 2.18 bits per heavy atom. The normalized spacial score (nSPS) is 11.9. The Balaban J connectivity index is 3.36. The van der Waals surface area contributed by atoms with E-state index >= 15 is 0 Å². The molecule has 0 N–H and O–H groups in total. The van der Waals surface area contributed by atoms with E-state index in [1.807, 2.05) is 0 Å². The summed E-state index contributed by atoms with van der Waals surface area (Å²) in [5.74, 6) is 0. The summed E-state index contributed by atoms with van der Waals surface area (Å²) in [6.07, 6.45) is 0. The van der Waals surface area contributed by atoms with Crippen LogP contribution in [0.1, 0.15) is 0 Å². The van der Waals surface area contributed by atoms with Crippen LogP contribution in [-0.4, -0.2) is 8.42 Å². The van der Waals surface area contributed by atoms with Gasteiger partial charge in [-0.3, -0.25) is 0 Å². The number of thiophene rings is 1. The molecule has 0 bridgehead atoms. The quantitative estimate of drug-likeness (QED) is 0.701. The fraction of sp³-hybridized carbons (Fsp3) is 0. The van der Waals surface area contributed by atoms with Gasteiger partial charge in [-0.2, -0.15) is 8.42 Å². The first kappa shape index (κ1) is 9.25. The highest BCUT2D eigenvalue weighted by Crippen LogP contribution is 2.34. The van der Waals surface area contributed by atoms with Crippen LogP contribution in [0.15, 0.2) is 10.3 Å². The largest absolute Gasteiger partial charge is 0.343 e. The van der Waals surface area contributed by atoms with E-state index in [2.05, 4.69) is 0 Å². The number of hydrogen-bond donors (Lipinski definition) is 0. The molecule has 2 nitrogen and oxygen atoms in total. The van der Waals surface area contributed by atoms with Gasteiger partial charge in [-0.1, -0.05) is 27.1 Å². The van der Waals surface area contributed by atoms with Crippen molar-refractivity contribution >= 4 is 44.8 Å². The molecule has 0 aliphatic carbocycles. The predicted molar refractivity (Wildman–Crippen MR) is 42.6 cm³/mol. The van der Waals surface area contributed by atoms with Crippen LogP contribution in [0.2, 0.25) is 9.36 Å². The minimum absolute atomic E-state index is 0.145. The minimum Gasteiger partial charge on any atom is -0.188 e. The molecule has 0 amide bonds. The van der Waals surface area contributed by atoms with Crippen LogP contribution in [0.5, 0.6) is 0 Å². The average Bonchev–Trinajstić information content (AvgIpc) is 2.08. The van der Waals surface area contributed by atoms with Gasteiger partial charge in [0.15, 0.2) is 4.21 Å². The molecule has 1 aromatic heterocycles. The van der Waals surface area contributed by atoms with Gasteiger partial charge in [0.2, 0.25) is 0 Å². The molecule has 1 aromatic rings. The molecule has 0 aliphatic heterocycles. The van der Waals surface area contributed by atoms with Gasteiger partial charge in [-0.05, 0) is 6.07 Å². The van der Waals surface area contributed by atoms with Crippen LogP contribution < -0.4 is 0 Å². The summed E-state index contributed by atoms with van der Waals surface area (Å²) in [5, 5.41) is -0.178. The molecule has 0 saturated carbocycles. The third-order valence-electron chi connectivity index (χ3n) is 0.847. The van der Waals surface area contributed by atoms with E-state index in [0.717, 1.165) is 0 Å². The summed E-state index contributed by atoms with van der Waals surface area (Å²) in [5.41, 5.74) is 0. The second kappa shape index (κ2) is 2.90. The fourth-order valence-electron chi connectivity index (χ4n) is 0.492. The summed E-state index contributed by atoms with van der Waals surface area (Å²) < 4.78 is 32.4. The van der Waals surface area contributed by atoms with E-state index < -0.39 is 14.4 Å². The molecule has 0 saturated heterocycles. The van der Waals surface area contributed by atoms with Crippen LogP contribution in [0, 0.1) is 0 Å². The maximum Gasteiger partial charge on any atom is 0.343 e. The van der Waals surface area contributed by atoms with E-state index in [1.54, 1.807) is 0 Å². The molecular weight excluding hydrogens is 234 g/mol. The average molecular weight is 235 g/mol. The highest BCUT2D eigenvalue weighted by molar-refractivity contribution is 7.88. The Hall–Kier alpha value is 0.160. The zero-order chi connectivity index (χ0) is 8.65. The van der Waals surface area contributed by atoms with Gasteiger partial charge in [-0.15, -0.1) is 11.3 Å². The Bertz CT molecular complexity index is 369. The zero-order valence-corrected chi connectivity index (χ0v) is 7.99. The first-order valence-corrected chi connectivity index (χ1v) is 5.26. The zero-order valence-electron chi connectivity index (χ0n) is 4.84. The summed E-state index contributed by atoms with van der Waals surface area (Å²) in [4.78, 5) is 0. The van der Waals surface area contributed by atoms with Crippen molar-refractivity contribution in [3.63, 3.8) is 0 Å². The van der Waals surface area contributed by atoms with Gasteiger partial charge in [0, 0.05) is 0 Å². The highest BCUT2D eigenvalue weighted by Gasteiger charge is 2.19. The highest BCUT2D eigenvalue weighted by atomic mass is 35.5. The number of rotatable bonds is 1. The van der Waals surface area contributed by atoms with Crippen molar-refractivity contribution in [3.8, 4) is 0 Å². The van der Waals surface area contributed by atoms with Gasteiger partial charge in [0.1, 0.15) is 0 Å². The second-order valence-corrected chi connectivity index (χ2v) is 5.26. The summed E-state index contributed by atoms with van der Waals surface area (Å²) >= 11 is 11.3. The molecule has 0 spiro atoms. The van der Waals surface area contributed by atoms with Crippen molar-refractivity contribution in [2.75, 3.05) is 0 Å². The number of hydrogen-bond acceptors (Lipinski definition) is 3. The van der Waals surface area contributed by atoms with Gasteiger partial charge in [0.25, 0.3) is 0 Å². The van der Waals surface area contributed by atoms with Crippen LogP contribution in [0.3, 0.4) is 0 Å². The molecule has 7 heteroatoms. The molecular formula is C4HCl2FO2S2. The van der Waals surface area contributed by atoms with Gasteiger partial charge in [-0.25, -0.2) is 0 Å². The lowest BCUT2D eigenvalue weighted by Gasteiger charge is -1.86. The smallest absolute Gasteiger partial charge is 0.188 e. The molecule has 0 radical (unpaired) electrons. The number of halogens is 3. The van der Waals surface area contributed by atoms with E-state index in [-0.39, 0.29) is 9.36 Å². The lowest BCUT2D eigenvalue weighted by molar-refractivity contribution is 0.554. The van der Waals surface area contributed by atoms with Crippen LogP contribution in [-0.2, 0) is 10.2 Å². The minimum atomic E-state index is -4.71. The first-order valence-electron chi connectivity index (χ1n) is 2.31. The molecule has 0 aliphatic rings. The van der Waals surface area contributed by atoms with Crippen molar-refractivity contribution in [3.05, 3.63) is 15.4 Å². The van der Waals surface area contributed by atoms with E-state index in [9.17, 15) is 12.3 Å². The van der Waals surface area contributed by atoms with Crippen molar-refractivity contribution in [1.29, 1.82) is 0 Å². The standard InChI is InChI=1S/C4HCl2FO2S2/c5-2-1-3(6)10-4(2)11(7,8)9/h1H. The van der Waals surface area contributed by atoms with Gasteiger partial charge < -0.3 is 0 Å². The maximum absolute atomic E-state index is 12.2. The third kappa shape index (κ3) is 2.05. The summed E-state index contributed by atoms with van der Waals surface area (Å²) in [7, 11) is -4.71. The fourth-order valence-corrected chi connectivity index (χ4v) is 3.06. The topological polar surface area (TPSA) is 34.1 Å². The Labute approximate surface area is 76.8 Å². The van der Waals surface area contributed by atoms with Crippen LogP contribution in [0.4, 0.5) is 3.89 Å². The molecule has 0 unspecified atom stereocenters. The monoisotopic (exact) mass is 234 g/mol. The Kier molecular flexibility index (Phi) is 2.43. The van der Waals surface area contributed by atoms with E-state index in [4.69, 9.17) is 23.2 Å².